The van der Waals surface area contributed by atoms with Crippen molar-refractivity contribution in [1.29, 1.82) is 0 Å². The fraction of sp³-hybridized carbons (Fsp3) is 0.474. The monoisotopic (exact) mass is 378 g/mol. The van der Waals surface area contributed by atoms with E-state index in [-0.39, 0.29) is 11.9 Å². The highest BCUT2D eigenvalue weighted by Crippen LogP contribution is 2.20. The standard InChI is InChI=1S/C19H27FN4OS/c1-5-21-19(22-10-9-15-7-6-8-16(20)11-15)24(3)12-17-13-26-18(23-17)14(2)25-4/h6-8,11,13-14H,5,9-10,12H2,1-4H3,(H,21,22). The Kier molecular flexibility index (Phi) is 8.00. The maximum atomic E-state index is 13.3. The third-order valence-electron chi connectivity index (χ3n) is 3.92. The maximum Gasteiger partial charge on any atom is 0.194 e. The van der Waals surface area contributed by atoms with Crippen LogP contribution in [0.2, 0.25) is 0 Å². The summed E-state index contributed by atoms with van der Waals surface area (Å²) in [5, 5.41) is 6.32. The van der Waals surface area contributed by atoms with E-state index >= 15 is 0 Å². The van der Waals surface area contributed by atoms with Crippen LogP contribution in [0.3, 0.4) is 0 Å². The molecule has 7 heteroatoms. The Bertz CT molecular complexity index is 719. The minimum atomic E-state index is -0.208. The molecule has 5 nitrogen and oxygen atoms in total. The quantitative estimate of drug-likeness (QED) is 0.563. The number of aliphatic imine (C=N–C) groups is 1. The Hall–Kier alpha value is -1.99. The zero-order chi connectivity index (χ0) is 18.9. The molecule has 2 rings (SSSR count). The Morgan fingerprint density at radius 2 is 2.27 bits per heavy atom. The molecule has 0 saturated heterocycles. The Morgan fingerprint density at radius 1 is 1.46 bits per heavy atom. The molecule has 0 aliphatic carbocycles. The van der Waals surface area contributed by atoms with Gasteiger partial charge in [-0.15, -0.1) is 11.3 Å². The number of hydrogen-bond acceptors (Lipinski definition) is 4. The smallest absolute Gasteiger partial charge is 0.194 e. The van der Waals surface area contributed by atoms with Crippen molar-refractivity contribution in [2.24, 2.45) is 4.99 Å². The highest BCUT2D eigenvalue weighted by atomic mass is 32.1. The van der Waals surface area contributed by atoms with Gasteiger partial charge in [0, 0.05) is 32.6 Å². The molecule has 1 aromatic heterocycles. The lowest BCUT2D eigenvalue weighted by molar-refractivity contribution is 0.119. The second-order valence-corrected chi connectivity index (χ2v) is 6.92. The van der Waals surface area contributed by atoms with E-state index in [1.807, 2.05) is 31.9 Å². The number of nitrogens with zero attached hydrogens (tertiary/aromatic N) is 3. The number of hydrogen-bond donors (Lipinski definition) is 1. The van der Waals surface area contributed by atoms with E-state index in [1.54, 1.807) is 30.6 Å². The van der Waals surface area contributed by atoms with Crippen molar-refractivity contribution in [3.63, 3.8) is 0 Å². The van der Waals surface area contributed by atoms with Crippen LogP contribution in [0.4, 0.5) is 4.39 Å². The van der Waals surface area contributed by atoms with Gasteiger partial charge in [-0.1, -0.05) is 12.1 Å². The van der Waals surface area contributed by atoms with E-state index in [1.165, 1.54) is 6.07 Å². The molecule has 1 heterocycles. The van der Waals surface area contributed by atoms with Gasteiger partial charge in [-0.25, -0.2) is 9.37 Å². The SMILES string of the molecule is CCNC(=NCCc1cccc(F)c1)N(C)Cc1csc(C(C)OC)n1. The summed E-state index contributed by atoms with van der Waals surface area (Å²) in [5.41, 5.74) is 1.94. The van der Waals surface area contributed by atoms with Gasteiger partial charge in [0.05, 0.1) is 12.2 Å². The van der Waals surface area contributed by atoms with Crippen LogP contribution in [0.5, 0.6) is 0 Å². The van der Waals surface area contributed by atoms with Crippen LogP contribution in [-0.4, -0.2) is 43.1 Å². The molecular weight excluding hydrogens is 351 g/mol. The second-order valence-electron chi connectivity index (χ2n) is 6.03. The minimum Gasteiger partial charge on any atom is -0.375 e. The molecule has 0 aliphatic heterocycles. The van der Waals surface area contributed by atoms with E-state index in [0.29, 0.717) is 19.5 Å². The van der Waals surface area contributed by atoms with Gasteiger partial charge in [-0.3, -0.25) is 4.99 Å². The van der Waals surface area contributed by atoms with Crippen molar-refractivity contribution in [1.82, 2.24) is 15.2 Å². The Labute approximate surface area is 158 Å². The molecule has 0 amide bonds. The largest absolute Gasteiger partial charge is 0.375 e. The van der Waals surface area contributed by atoms with E-state index in [2.05, 4.69) is 20.7 Å². The molecule has 0 saturated carbocycles. The number of benzene rings is 1. The summed E-state index contributed by atoms with van der Waals surface area (Å²) in [6.07, 6.45) is 0.708. The van der Waals surface area contributed by atoms with Gasteiger partial charge in [0.15, 0.2) is 5.96 Å². The molecule has 26 heavy (non-hydrogen) atoms. The molecule has 1 unspecified atom stereocenters. The van der Waals surface area contributed by atoms with Crippen LogP contribution in [0.15, 0.2) is 34.6 Å². The number of guanidine groups is 1. The number of thiazole rings is 1. The summed E-state index contributed by atoms with van der Waals surface area (Å²) < 4.78 is 18.6. The topological polar surface area (TPSA) is 49.8 Å². The van der Waals surface area contributed by atoms with Crippen molar-refractivity contribution in [3.05, 3.63) is 51.7 Å². The van der Waals surface area contributed by atoms with Crippen LogP contribution in [-0.2, 0) is 17.7 Å². The number of nitrogens with one attached hydrogen (secondary N) is 1. The van der Waals surface area contributed by atoms with Crippen molar-refractivity contribution >= 4 is 17.3 Å². The molecule has 1 aromatic carbocycles. The summed E-state index contributed by atoms with van der Waals surface area (Å²) in [6, 6.07) is 6.66. The molecule has 0 bridgehead atoms. The first-order valence-corrected chi connectivity index (χ1v) is 9.62. The summed E-state index contributed by atoms with van der Waals surface area (Å²) in [6.45, 7) is 6.07. The van der Waals surface area contributed by atoms with E-state index in [4.69, 9.17) is 4.74 Å². The van der Waals surface area contributed by atoms with Gasteiger partial charge in [0.2, 0.25) is 0 Å². The zero-order valence-electron chi connectivity index (χ0n) is 15.8. The van der Waals surface area contributed by atoms with Crippen LogP contribution in [0.25, 0.3) is 0 Å². The molecule has 0 aliphatic rings. The maximum absolute atomic E-state index is 13.3. The van der Waals surface area contributed by atoms with Crippen LogP contribution >= 0.6 is 11.3 Å². The molecule has 0 fully saturated rings. The summed E-state index contributed by atoms with van der Waals surface area (Å²) in [5.74, 6) is 0.610. The summed E-state index contributed by atoms with van der Waals surface area (Å²) >= 11 is 1.61. The number of ether oxygens (including phenoxy) is 1. The third-order valence-corrected chi connectivity index (χ3v) is 4.97. The van der Waals surface area contributed by atoms with Crippen molar-refractivity contribution < 1.29 is 9.13 Å². The summed E-state index contributed by atoms with van der Waals surface area (Å²) in [7, 11) is 3.68. The number of halogens is 1. The van der Waals surface area contributed by atoms with E-state index < -0.39 is 0 Å². The summed E-state index contributed by atoms with van der Waals surface area (Å²) in [4.78, 5) is 11.3. The molecular formula is C19H27FN4OS. The van der Waals surface area contributed by atoms with E-state index in [0.717, 1.165) is 28.8 Å². The normalized spacial score (nSPS) is 12.9. The first-order chi connectivity index (χ1) is 12.5. The second kappa shape index (κ2) is 10.2. The number of aromatic nitrogens is 1. The minimum absolute atomic E-state index is 0.00669. The average molecular weight is 379 g/mol. The number of methoxy groups -OCH3 is 1. The Balaban J connectivity index is 1.97. The molecule has 0 radical (unpaired) electrons. The highest BCUT2D eigenvalue weighted by molar-refractivity contribution is 7.09. The molecule has 1 atom stereocenters. The predicted octanol–water partition coefficient (Wildman–Crippen LogP) is 3.63. The van der Waals surface area contributed by atoms with Crippen molar-refractivity contribution in [2.45, 2.75) is 32.9 Å². The lowest BCUT2D eigenvalue weighted by Gasteiger charge is -2.21. The Morgan fingerprint density at radius 3 is 2.96 bits per heavy atom. The third kappa shape index (κ3) is 6.07. The lowest BCUT2D eigenvalue weighted by Crippen LogP contribution is -2.38. The van der Waals surface area contributed by atoms with Crippen LogP contribution < -0.4 is 5.32 Å². The van der Waals surface area contributed by atoms with Gasteiger partial charge in [0.25, 0.3) is 0 Å². The van der Waals surface area contributed by atoms with Crippen LogP contribution in [0, 0.1) is 5.82 Å². The zero-order valence-corrected chi connectivity index (χ0v) is 16.6. The molecule has 0 spiro atoms. The fourth-order valence-corrected chi connectivity index (χ4v) is 3.30. The fourth-order valence-electron chi connectivity index (χ4n) is 2.45. The van der Waals surface area contributed by atoms with Crippen molar-refractivity contribution in [3.8, 4) is 0 Å². The molecule has 2 aromatic rings. The van der Waals surface area contributed by atoms with Crippen molar-refractivity contribution in [2.75, 3.05) is 27.2 Å². The highest BCUT2D eigenvalue weighted by Gasteiger charge is 2.12. The predicted molar refractivity (Wildman–Crippen MR) is 105 cm³/mol. The molecule has 142 valence electrons. The number of rotatable bonds is 8. The van der Waals surface area contributed by atoms with Gasteiger partial charge < -0.3 is 15.0 Å². The van der Waals surface area contributed by atoms with Crippen LogP contribution in [0.1, 0.15) is 36.2 Å². The lowest BCUT2D eigenvalue weighted by atomic mass is 10.1. The van der Waals surface area contributed by atoms with Gasteiger partial charge in [-0.05, 0) is 38.0 Å². The first-order valence-electron chi connectivity index (χ1n) is 8.74. The van der Waals surface area contributed by atoms with E-state index in [9.17, 15) is 4.39 Å². The first kappa shape index (κ1) is 20.3. The van der Waals surface area contributed by atoms with Gasteiger partial charge in [-0.2, -0.15) is 0 Å². The van der Waals surface area contributed by atoms with Gasteiger partial charge in [0.1, 0.15) is 16.9 Å². The van der Waals surface area contributed by atoms with Gasteiger partial charge >= 0.3 is 0 Å². The molecule has 1 N–H and O–H groups in total. The average Bonchev–Trinajstić information content (AvgIpc) is 3.09.